The van der Waals surface area contributed by atoms with Gasteiger partial charge < -0.3 is 30.6 Å². The van der Waals surface area contributed by atoms with Crippen molar-refractivity contribution in [2.45, 2.75) is 90.8 Å². The van der Waals surface area contributed by atoms with Gasteiger partial charge in [0, 0.05) is 47.1 Å². The van der Waals surface area contributed by atoms with Gasteiger partial charge in [0.15, 0.2) is 0 Å². The molecule has 43 heavy (non-hydrogen) atoms. The van der Waals surface area contributed by atoms with Crippen molar-refractivity contribution in [3.05, 3.63) is 60.0 Å². The zero-order valence-corrected chi connectivity index (χ0v) is 27.0. The van der Waals surface area contributed by atoms with Crippen LogP contribution >= 0.6 is 0 Å². The van der Waals surface area contributed by atoms with E-state index < -0.39 is 0 Å². The molecule has 3 saturated heterocycles. The highest BCUT2D eigenvalue weighted by atomic mass is 16.5. The van der Waals surface area contributed by atoms with E-state index in [1.54, 1.807) is 19.5 Å². The summed E-state index contributed by atoms with van der Waals surface area (Å²) in [5.41, 5.74) is 3.41. The van der Waals surface area contributed by atoms with Crippen molar-refractivity contribution in [3.63, 3.8) is 0 Å². The average Bonchev–Trinajstić information content (AvgIpc) is 3.77. The number of likely N-dealkylation sites (tertiary alicyclic amines) is 1. The number of methoxy groups -OCH3 is 1. The number of rotatable bonds is 5. The van der Waals surface area contributed by atoms with E-state index in [-0.39, 0.29) is 5.54 Å². The average molecular weight is 595 g/mol. The Labute approximate surface area is 258 Å². The van der Waals surface area contributed by atoms with Crippen LogP contribution in [0.3, 0.4) is 0 Å². The number of aryl methyl sites for hydroxylation is 1. The standard InChI is InChI=1S/C9H9N3O.C8H10O.C7H13NO.2C5H11N/c13-6-11-5-8-3-7-4-10-2-1-9(7)12-8;1-7-3-5-8(9-2)6-4-7;1-7(2)4-3-5-8(7)6-9;1-5-3-2-4-6-5;1-2-4-6-5-3-1/h1-4,6,12H,5H2,(H,11,13);3-6H,1-2H3;6H,3-5H2,1-2H3;5-6H,2-4H2,1H3;6H,1-5H2. The van der Waals surface area contributed by atoms with Crippen LogP contribution in [0.1, 0.15) is 77.0 Å². The van der Waals surface area contributed by atoms with E-state index in [9.17, 15) is 9.59 Å². The van der Waals surface area contributed by atoms with Crippen LogP contribution in [-0.4, -0.2) is 72.6 Å². The molecule has 3 aromatic rings. The van der Waals surface area contributed by atoms with E-state index in [4.69, 9.17) is 4.74 Å². The quantitative estimate of drug-likeness (QED) is 0.297. The van der Waals surface area contributed by atoms with Crippen molar-refractivity contribution in [1.82, 2.24) is 30.8 Å². The third-order valence-electron chi connectivity index (χ3n) is 7.72. The summed E-state index contributed by atoms with van der Waals surface area (Å²) >= 11 is 0. The van der Waals surface area contributed by atoms with E-state index in [2.05, 4.69) is 53.6 Å². The number of piperidine rings is 1. The first-order chi connectivity index (χ1) is 20.8. The van der Waals surface area contributed by atoms with E-state index in [0.717, 1.165) is 54.2 Å². The molecule has 1 aromatic carbocycles. The molecule has 9 nitrogen and oxygen atoms in total. The summed E-state index contributed by atoms with van der Waals surface area (Å²) in [7, 11) is 1.67. The van der Waals surface area contributed by atoms with Gasteiger partial charge >= 0.3 is 0 Å². The van der Waals surface area contributed by atoms with Gasteiger partial charge in [0.25, 0.3) is 0 Å². The van der Waals surface area contributed by atoms with Crippen molar-refractivity contribution in [2.75, 3.05) is 33.3 Å². The molecule has 3 aliphatic heterocycles. The first-order valence-corrected chi connectivity index (χ1v) is 15.6. The lowest BCUT2D eigenvalue weighted by atomic mass is 10.0. The lowest BCUT2D eigenvalue weighted by molar-refractivity contribution is -0.120. The Morgan fingerprint density at radius 1 is 1.05 bits per heavy atom. The molecule has 0 saturated carbocycles. The number of carbonyl (C=O) groups excluding carboxylic acids is 2. The molecule has 3 fully saturated rings. The first-order valence-electron chi connectivity index (χ1n) is 15.6. The van der Waals surface area contributed by atoms with Crippen LogP contribution in [0, 0.1) is 6.92 Å². The van der Waals surface area contributed by atoms with Crippen LogP contribution in [0.4, 0.5) is 0 Å². The summed E-state index contributed by atoms with van der Waals surface area (Å²) in [4.78, 5) is 29.4. The number of hydrogen-bond donors (Lipinski definition) is 4. The molecule has 5 heterocycles. The second-order valence-corrected chi connectivity index (χ2v) is 11.8. The van der Waals surface area contributed by atoms with Gasteiger partial charge in [0.2, 0.25) is 12.8 Å². The molecular weight excluding hydrogens is 540 g/mol. The number of amides is 2. The summed E-state index contributed by atoms with van der Waals surface area (Å²) < 4.78 is 4.97. The van der Waals surface area contributed by atoms with Gasteiger partial charge in [0.05, 0.1) is 13.7 Å². The first kappa shape index (κ1) is 35.8. The maximum absolute atomic E-state index is 10.3. The van der Waals surface area contributed by atoms with Crippen LogP contribution in [0.2, 0.25) is 0 Å². The van der Waals surface area contributed by atoms with Crippen molar-refractivity contribution in [3.8, 4) is 5.75 Å². The Kier molecular flexibility index (Phi) is 17.0. The summed E-state index contributed by atoms with van der Waals surface area (Å²) in [6.45, 7) is 13.7. The predicted octanol–water partition coefficient (Wildman–Crippen LogP) is 5.35. The second kappa shape index (κ2) is 20.5. The highest BCUT2D eigenvalue weighted by Crippen LogP contribution is 2.25. The minimum atomic E-state index is 0.127. The van der Waals surface area contributed by atoms with Gasteiger partial charge in [-0.3, -0.25) is 14.6 Å². The van der Waals surface area contributed by atoms with E-state index in [1.807, 2.05) is 41.3 Å². The Morgan fingerprint density at radius 3 is 2.21 bits per heavy atom. The van der Waals surface area contributed by atoms with Gasteiger partial charge in [-0.2, -0.15) is 0 Å². The van der Waals surface area contributed by atoms with Gasteiger partial charge in [-0.05, 0) is 110 Å². The van der Waals surface area contributed by atoms with E-state index in [0.29, 0.717) is 13.0 Å². The summed E-state index contributed by atoms with van der Waals surface area (Å²) in [5, 5.41) is 10.3. The van der Waals surface area contributed by atoms with Crippen molar-refractivity contribution in [2.24, 2.45) is 0 Å². The van der Waals surface area contributed by atoms with Gasteiger partial charge in [-0.1, -0.05) is 24.1 Å². The molecule has 4 N–H and O–H groups in total. The number of nitrogens with zero attached hydrogens (tertiary/aromatic N) is 2. The summed E-state index contributed by atoms with van der Waals surface area (Å²) in [6, 6.07) is 12.6. The normalized spacial score (nSPS) is 18.3. The van der Waals surface area contributed by atoms with Crippen LogP contribution in [0.5, 0.6) is 5.75 Å². The van der Waals surface area contributed by atoms with Crippen LogP contribution in [-0.2, 0) is 16.1 Å². The van der Waals surface area contributed by atoms with Crippen LogP contribution < -0.4 is 20.7 Å². The van der Waals surface area contributed by atoms with Crippen molar-refractivity contribution in [1.29, 1.82) is 0 Å². The fourth-order valence-electron chi connectivity index (χ4n) is 4.94. The topological polar surface area (TPSA) is 111 Å². The highest BCUT2D eigenvalue weighted by Gasteiger charge is 2.30. The summed E-state index contributed by atoms with van der Waals surface area (Å²) in [6.07, 6.45) is 14.4. The number of benzene rings is 1. The third-order valence-corrected chi connectivity index (χ3v) is 7.72. The van der Waals surface area contributed by atoms with Crippen molar-refractivity contribution >= 4 is 23.7 Å². The molecule has 2 aromatic heterocycles. The number of ether oxygens (including phenoxy) is 1. The lowest BCUT2D eigenvalue weighted by Crippen LogP contribution is -2.36. The number of H-pyrrole nitrogens is 1. The van der Waals surface area contributed by atoms with E-state index >= 15 is 0 Å². The molecule has 9 heteroatoms. The summed E-state index contributed by atoms with van der Waals surface area (Å²) in [5.74, 6) is 0.917. The van der Waals surface area contributed by atoms with Gasteiger partial charge in [-0.25, -0.2) is 0 Å². The van der Waals surface area contributed by atoms with Crippen LogP contribution in [0.25, 0.3) is 10.9 Å². The Bertz CT molecular complexity index is 1110. The number of pyridine rings is 1. The SMILES string of the molecule is C1CCNCC1.CC1(C)CCCN1C=O.CC1CCCN1.COc1ccc(C)cc1.O=CNCc1cc2cnccc2[nH]1. The number of carbonyl (C=O) groups is 2. The third kappa shape index (κ3) is 14.5. The predicted molar refractivity (Wildman–Crippen MR) is 176 cm³/mol. The number of aromatic nitrogens is 2. The Morgan fingerprint density at radius 2 is 1.79 bits per heavy atom. The molecule has 0 radical (unpaired) electrons. The lowest BCUT2D eigenvalue weighted by Gasteiger charge is -2.27. The number of hydrogen-bond acceptors (Lipinski definition) is 6. The maximum atomic E-state index is 10.3. The zero-order chi connectivity index (χ0) is 31.3. The molecule has 2 amide bonds. The number of nitrogens with one attached hydrogen (secondary N) is 4. The molecule has 0 bridgehead atoms. The number of aromatic amines is 1. The molecule has 0 spiro atoms. The molecule has 238 valence electrons. The fraction of sp³-hybridized carbons (Fsp3) is 0.559. The van der Waals surface area contributed by atoms with Gasteiger partial charge in [-0.15, -0.1) is 0 Å². The number of fused-ring (bicyclic) bond motifs is 1. The molecule has 1 atom stereocenters. The largest absolute Gasteiger partial charge is 0.497 e. The molecule has 3 aliphatic rings. The van der Waals surface area contributed by atoms with E-state index in [1.165, 1.54) is 57.3 Å². The monoisotopic (exact) mass is 594 g/mol. The minimum absolute atomic E-state index is 0.127. The Balaban J connectivity index is 0.000000194. The van der Waals surface area contributed by atoms with Crippen molar-refractivity contribution < 1.29 is 14.3 Å². The minimum Gasteiger partial charge on any atom is -0.497 e. The zero-order valence-electron chi connectivity index (χ0n) is 27.0. The molecule has 1 unspecified atom stereocenters. The molecular formula is C34H54N6O3. The smallest absolute Gasteiger partial charge is 0.210 e. The van der Waals surface area contributed by atoms with Gasteiger partial charge in [0.1, 0.15) is 5.75 Å². The Hall–Kier alpha value is -3.43. The highest BCUT2D eigenvalue weighted by molar-refractivity contribution is 5.79. The second-order valence-electron chi connectivity index (χ2n) is 11.8. The molecule has 6 rings (SSSR count). The molecule has 0 aliphatic carbocycles. The maximum Gasteiger partial charge on any atom is 0.210 e. The van der Waals surface area contributed by atoms with Crippen LogP contribution in [0.15, 0.2) is 48.8 Å². The fourth-order valence-corrected chi connectivity index (χ4v) is 4.94.